The number of benzene rings is 3. The van der Waals surface area contributed by atoms with Crippen molar-refractivity contribution in [2.45, 2.75) is 58.5 Å². The largest absolute Gasteiger partial charge is 0.482 e. The van der Waals surface area contributed by atoms with Crippen LogP contribution in [-0.2, 0) is 19.1 Å². The molecule has 5 rings (SSSR count). The second-order valence-electron chi connectivity index (χ2n) is 13.2. The summed E-state index contributed by atoms with van der Waals surface area (Å²) in [5.41, 5.74) is 3.95. The number of piperidine rings is 1. The summed E-state index contributed by atoms with van der Waals surface area (Å²) in [5, 5.41) is 0. The molecule has 1 saturated heterocycles. The molecule has 2 heterocycles. The molecular weight excluding hydrogens is 594 g/mol. The normalized spacial score (nSPS) is 17.9. The maximum Gasteiger partial charge on any atom is 0.410 e. The molecule has 0 N–H and O–H groups in total. The SMILES string of the molecule is CCN(C(=O)[C@H]1CN(C(=O)OC(C)(C)C)CC[C@@H]1c1cccc(-c2ccccc2)c1)c1ccc2c(c1)N(CCCCOC)C(=O)CO2. The highest BCUT2D eigenvalue weighted by Crippen LogP contribution is 2.40. The number of unbranched alkanes of at least 4 members (excludes halogenated alkanes) is 1. The van der Waals surface area contributed by atoms with Gasteiger partial charge in [-0.25, -0.2) is 4.79 Å². The van der Waals surface area contributed by atoms with E-state index in [0.29, 0.717) is 49.8 Å². The van der Waals surface area contributed by atoms with E-state index in [0.717, 1.165) is 29.5 Å². The van der Waals surface area contributed by atoms with Gasteiger partial charge >= 0.3 is 6.09 Å². The van der Waals surface area contributed by atoms with Crippen LogP contribution in [0.3, 0.4) is 0 Å². The molecule has 3 aromatic rings. The van der Waals surface area contributed by atoms with E-state index in [9.17, 15) is 14.4 Å². The zero-order valence-corrected chi connectivity index (χ0v) is 28.2. The Morgan fingerprint density at radius 3 is 2.47 bits per heavy atom. The summed E-state index contributed by atoms with van der Waals surface area (Å²) in [4.78, 5) is 46.1. The van der Waals surface area contributed by atoms with Gasteiger partial charge in [-0.15, -0.1) is 0 Å². The summed E-state index contributed by atoms with van der Waals surface area (Å²) in [7, 11) is 1.67. The lowest BCUT2D eigenvalue weighted by molar-refractivity contribution is -0.124. The van der Waals surface area contributed by atoms with Crippen molar-refractivity contribution >= 4 is 29.3 Å². The van der Waals surface area contributed by atoms with Crippen molar-refractivity contribution in [1.29, 1.82) is 0 Å². The van der Waals surface area contributed by atoms with Crippen molar-refractivity contribution in [2.75, 3.05) is 56.3 Å². The summed E-state index contributed by atoms with van der Waals surface area (Å²) in [6.45, 7) is 9.78. The molecular formula is C38H47N3O6. The summed E-state index contributed by atoms with van der Waals surface area (Å²) in [5.74, 6) is -0.196. The quantitative estimate of drug-likeness (QED) is 0.224. The van der Waals surface area contributed by atoms with Gasteiger partial charge in [-0.05, 0) is 87.8 Å². The number of methoxy groups -OCH3 is 1. The molecule has 9 nitrogen and oxygen atoms in total. The van der Waals surface area contributed by atoms with Crippen molar-refractivity contribution in [2.24, 2.45) is 5.92 Å². The fourth-order valence-corrected chi connectivity index (χ4v) is 6.46. The molecule has 2 aliphatic heterocycles. The Labute approximate surface area is 278 Å². The third kappa shape index (κ3) is 8.14. The van der Waals surface area contributed by atoms with Gasteiger partial charge < -0.3 is 28.9 Å². The predicted octanol–water partition coefficient (Wildman–Crippen LogP) is 6.90. The topological polar surface area (TPSA) is 88.6 Å². The first-order valence-electron chi connectivity index (χ1n) is 16.6. The van der Waals surface area contributed by atoms with E-state index < -0.39 is 17.6 Å². The molecule has 47 heavy (non-hydrogen) atoms. The van der Waals surface area contributed by atoms with Gasteiger partial charge in [0.25, 0.3) is 5.91 Å². The number of likely N-dealkylation sites (tertiary alicyclic amines) is 1. The van der Waals surface area contributed by atoms with E-state index in [1.165, 1.54) is 0 Å². The number of fused-ring (bicyclic) bond motifs is 1. The van der Waals surface area contributed by atoms with Gasteiger partial charge in [0.05, 0.1) is 11.6 Å². The minimum absolute atomic E-state index is 0.0145. The van der Waals surface area contributed by atoms with Crippen LogP contribution in [0.1, 0.15) is 58.4 Å². The number of nitrogens with zero attached hydrogens (tertiary/aromatic N) is 3. The summed E-state index contributed by atoms with van der Waals surface area (Å²) in [6.07, 6.45) is 1.82. The van der Waals surface area contributed by atoms with Crippen LogP contribution in [0.2, 0.25) is 0 Å². The maximum atomic E-state index is 14.7. The molecule has 0 saturated carbocycles. The highest BCUT2D eigenvalue weighted by atomic mass is 16.6. The van der Waals surface area contributed by atoms with E-state index in [4.69, 9.17) is 14.2 Å². The first kappa shape index (κ1) is 34.0. The van der Waals surface area contributed by atoms with Crippen LogP contribution in [0.5, 0.6) is 5.75 Å². The molecule has 1 fully saturated rings. The molecule has 2 atom stereocenters. The molecule has 0 spiro atoms. The fraction of sp³-hybridized carbons (Fsp3) is 0.447. The summed E-state index contributed by atoms with van der Waals surface area (Å²) in [6, 6.07) is 24.2. The molecule has 0 radical (unpaired) electrons. The minimum atomic E-state index is -0.648. The highest BCUT2D eigenvalue weighted by molar-refractivity contribution is 6.01. The Bertz CT molecular complexity index is 1550. The fourth-order valence-electron chi connectivity index (χ4n) is 6.46. The Kier molecular flexibility index (Phi) is 10.9. The van der Waals surface area contributed by atoms with Gasteiger partial charge in [-0.2, -0.15) is 0 Å². The van der Waals surface area contributed by atoms with Crippen LogP contribution in [0.15, 0.2) is 72.8 Å². The van der Waals surface area contributed by atoms with Gasteiger partial charge in [0, 0.05) is 45.6 Å². The Morgan fingerprint density at radius 2 is 1.74 bits per heavy atom. The van der Waals surface area contributed by atoms with Gasteiger partial charge in [-0.3, -0.25) is 9.59 Å². The Balaban J connectivity index is 1.47. The third-order valence-electron chi connectivity index (χ3n) is 8.76. The van der Waals surface area contributed by atoms with Crippen LogP contribution in [0.4, 0.5) is 16.2 Å². The van der Waals surface area contributed by atoms with E-state index in [1.54, 1.807) is 21.8 Å². The highest BCUT2D eigenvalue weighted by Gasteiger charge is 2.40. The van der Waals surface area contributed by atoms with E-state index in [1.807, 2.05) is 70.2 Å². The number of ether oxygens (including phenoxy) is 3. The van der Waals surface area contributed by atoms with Crippen LogP contribution >= 0.6 is 0 Å². The number of rotatable bonds is 10. The number of hydrogen-bond donors (Lipinski definition) is 0. The van der Waals surface area contributed by atoms with Crippen molar-refractivity contribution in [1.82, 2.24) is 4.90 Å². The summed E-state index contributed by atoms with van der Waals surface area (Å²) < 4.78 is 16.7. The molecule has 250 valence electrons. The Morgan fingerprint density at radius 1 is 0.979 bits per heavy atom. The number of amides is 3. The maximum absolute atomic E-state index is 14.7. The van der Waals surface area contributed by atoms with Gasteiger partial charge in [0.1, 0.15) is 11.4 Å². The summed E-state index contributed by atoms with van der Waals surface area (Å²) >= 11 is 0. The number of anilines is 2. The smallest absolute Gasteiger partial charge is 0.410 e. The average Bonchev–Trinajstić information content (AvgIpc) is 3.07. The third-order valence-corrected chi connectivity index (χ3v) is 8.76. The second-order valence-corrected chi connectivity index (χ2v) is 13.2. The molecule has 9 heteroatoms. The number of hydrogen-bond acceptors (Lipinski definition) is 6. The van der Waals surface area contributed by atoms with E-state index >= 15 is 0 Å². The molecule has 0 unspecified atom stereocenters. The van der Waals surface area contributed by atoms with Gasteiger partial charge in [0.2, 0.25) is 5.91 Å². The van der Waals surface area contributed by atoms with Crippen molar-refractivity contribution in [3.8, 4) is 16.9 Å². The van der Waals surface area contributed by atoms with Crippen LogP contribution < -0.4 is 14.5 Å². The molecule has 0 aromatic heterocycles. The lowest BCUT2D eigenvalue weighted by atomic mass is 9.79. The van der Waals surface area contributed by atoms with E-state index in [-0.39, 0.29) is 30.9 Å². The van der Waals surface area contributed by atoms with E-state index in [2.05, 4.69) is 30.3 Å². The molecule has 3 aromatic carbocycles. The number of carbonyl (C=O) groups is 3. The van der Waals surface area contributed by atoms with Crippen molar-refractivity contribution in [3.05, 3.63) is 78.4 Å². The van der Waals surface area contributed by atoms with Crippen molar-refractivity contribution in [3.63, 3.8) is 0 Å². The first-order chi connectivity index (χ1) is 22.6. The van der Waals surface area contributed by atoms with Crippen LogP contribution in [0, 0.1) is 5.92 Å². The van der Waals surface area contributed by atoms with Gasteiger partial charge in [-0.1, -0.05) is 54.6 Å². The van der Waals surface area contributed by atoms with Gasteiger partial charge in [0.15, 0.2) is 6.61 Å². The second kappa shape index (κ2) is 15.0. The minimum Gasteiger partial charge on any atom is -0.482 e. The molecule has 3 amide bonds. The first-order valence-corrected chi connectivity index (χ1v) is 16.6. The lowest BCUT2D eigenvalue weighted by Gasteiger charge is -2.40. The zero-order chi connectivity index (χ0) is 33.6. The van der Waals surface area contributed by atoms with Crippen molar-refractivity contribution < 1.29 is 28.6 Å². The number of carbonyl (C=O) groups excluding carboxylic acids is 3. The standard InChI is InChI=1S/C38H47N3O6/c1-6-40(30-17-18-34-33(24-30)41(35(42)26-46-34)20-10-11-22-45-5)36(43)32-25-39(37(44)47-38(2,3)4)21-19-31(32)29-16-12-15-28(23-29)27-13-8-7-9-14-27/h7-9,12-18,23-24,31-32H,6,10-11,19-22,25-26H2,1-5H3/t31-,32+/m1/s1. The zero-order valence-electron chi connectivity index (χ0n) is 28.2. The van der Waals surface area contributed by atoms with Crippen LogP contribution in [0.25, 0.3) is 11.1 Å². The molecule has 0 bridgehead atoms. The average molecular weight is 642 g/mol. The lowest BCUT2D eigenvalue weighted by Crippen LogP contribution is -2.51. The molecule has 0 aliphatic carbocycles. The Hall–Kier alpha value is -4.37. The van der Waals surface area contributed by atoms with Crippen LogP contribution in [-0.4, -0.2) is 74.9 Å². The monoisotopic (exact) mass is 641 g/mol. The molecule has 2 aliphatic rings. The predicted molar refractivity (Wildman–Crippen MR) is 184 cm³/mol.